The number of fused-ring (bicyclic) bond motifs is 6. The first-order chi connectivity index (χ1) is 24.9. The lowest BCUT2D eigenvalue weighted by atomic mass is 9.84. The van der Waals surface area contributed by atoms with Gasteiger partial charge in [0, 0.05) is 71.6 Å². The van der Waals surface area contributed by atoms with Crippen LogP contribution in [0.15, 0.2) is 41.9 Å². The van der Waals surface area contributed by atoms with Gasteiger partial charge in [0.2, 0.25) is 5.91 Å². The van der Waals surface area contributed by atoms with Gasteiger partial charge in [0.1, 0.15) is 12.1 Å². The number of amides is 2. The average Bonchev–Trinajstić information content (AvgIpc) is 3.43. The molecule has 6 bridgehead atoms. The third-order valence-electron chi connectivity index (χ3n) is 11.3. The van der Waals surface area contributed by atoms with E-state index < -0.39 is 17.5 Å². The van der Waals surface area contributed by atoms with Gasteiger partial charge in [-0.3, -0.25) is 24.4 Å². The molecule has 5 heterocycles. The number of carbonyl (C=O) groups is 3. The fourth-order valence-corrected chi connectivity index (χ4v) is 8.82. The number of benzene rings is 1. The molecular formula is C40H50N6O5S. The van der Waals surface area contributed by atoms with Gasteiger partial charge in [0.25, 0.3) is 5.91 Å². The van der Waals surface area contributed by atoms with Crippen LogP contribution in [0.2, 0.25) is 0 Å². The number of esters is 1. The second-order valence-electron chi connectivity index (χ2n) is 15.5. The monoisotopic (exact) mass is 726 g/mol. The Morgan fingerprint density at radius 2 is 2.00 bits per heavy atom. The number of hydrogen-bond acceptors (Lipinski definition) is 9. The minimum atomic E-state index is -0.829. The highest BCUT2D eigenvalue weighted by Crippen LogP contribution is 2.46. The summed E-state index contributed by atoms with van der Waals surface area (Å²) >= 11 is 1.49. The number of hydrazine groups is 1. The second-order valence-corrected chi connectivity index (χ2v) is 16.5. The van der Waals surface area contributed by atoms with Crippen LogP contribution in [0.3, 0.4) is 0 Å². The Morgan fingerprint density at radius 3 is 2.73 bits per heavy atom. The summed E-state index contributed by atoms with van der Waals surface area (Å²) < 4.78 is 14.2. The van der Waals surface area contributed by atoms with Crippen LogP contribution in [0.5, 0.6) is 0 Å². The highest BCUT2D eigenvalue weighted by atomic mass is 32.1. The summed E-state index contributed by atoms with van der Waals surface area (Å²) in [5.74, 6) is -0.351. The van der Waals surface area contributed by atoms with Crippen molar-refractivity contribution in [3.63, 3.8) is 0 Å². The van der Waals surface area contributed by atoms with E-state index in [4.69, 9.17) is 19.4 Å². The van der Waals surface area contributed by atoms with Gasteiger partial charge < -0.3 is 19.4 Å². The highest BCUT2D eigenvalue weighted by Gasteiger charge is 2.49. The molecule has 11 nitrogen and oxygen atoms in total. The minimum absolute atomic E-state index is 0.113. The van der Waals surface area contributed by atoms with Gasteiger partial charge in [-0.2, -0.15) is 0 Å². The Bertz CT molecular complexity index is 1990. The number of thiazole rings is 1. The maximum Gasteiger partial charge on any atom is 0.324 e. The van der Waals surface area contributed by atoms with Crippen LogP contribution < -0.4 is 10.7 Å². The van der Waals surface area contributed by atoms with Crippen LogP contribution in [-0.4, -0.2) is 69.7 Å². The molecule has 1 saturated carbocycles. The van der Waals surface area contributed by atoms with Crippen molar-refractivity contribution in [1.82, 2.24) is 30.3 Å². The summed E-state index contributed by atoms with van der Waals surface area (Å²) in [7, 11) is 1.70. The lowest BCUT2D eigenvalue weighted by Crippen LogP contribution is -2.60. The topological polar surface area (TPSA) is 128 Å². The summed E-state index contributed by atoms with van der Waals surface area (Å²) in [6.07, 6.45) is 3.64. The molecule has 1 saturated heterocycles. The lowest BCUT2D eigenvalue weighted by molar-refractivity contribution is -0.155. The Balaban J connectivity index is 1.35. The van der Waals surface area contributed by atoms with Crippen molar-refractivity contribution in [3.8, 4) is 22.5 Å². The van der Waals surface area contributed by atoms with Crippen molar-refractivity contribution in [3.05, 3.63) is 58.2 Å². The van der Waals surface area contributed by atoms with Gasteiger partial charge in [-0.25, -0.2) is 10.4 Å². The zero-order valence-corrected chi connectivity index (χ0v) is 32.0. The molecule has 12 heteroatoms. The molecule has 276 valence electrons. The van der Waals surface area contributed by atoms with E-state index in [2.05, 4.69) is 74.2 Å². The molecule has 1 aromatic carbocycles. The van der Waals surface area contributed by atoms with E-state index in [-0.39, 0.29) is 54.7 Å². The SMILES string of the molecule is CCn1c(-c2cccnc2[C@H](C)OC)c2c3cc(ccc31)-c1csc(n1)C[C@H](NC(=O)C1[C@@H](C)[C@@H]1C)C(=O)N1CCC[C@H](N1)C(=O)OCC(C)(C)C2. The van der Waals surface area contributed by atoms with E-state index in [0.717, 1.165) is 56.2 Å². The number of ether oxygens (including phenoxy) is 2. The molecule has 3 aromatic heterocycles. The number of cyclic esters (lactones) is 1. The molecule has 0 radical (unpaired) electrons. The quantitative estimate of drug-likeness (QED) is 0.228. The largest absolute Gasteiger partial charge is 0.464 e. The van der Waals surface area contributed by atoms with Crippen LogP contribution >= 0.6 is 11.3 Å². The zero-order chi connectivity index (χ0) is 36.9. The zero-order valence-electron chi connectivity index (χ0n) is 31.2. The molecule has 0 spiro atoms. The first-order valence-corrected chi connectivity index (χ1v) is 19.4. The number of nitrogens with zero attached hydrogens (tertiary/aromatic N) is 4. The summed E-state index contributed by atoms with van der Waals surface area (Å²) in [5.41, 5.74) is 9.69. The maximum absolute atomic E-state index is 14.1. The number of pyridine rings is 1. The Morgan fingerprint density at radius 1 is 1.21 bits per heavy atom. The van der Waals surface area contributed by atoms with Crippen LogP contribution in [0.25, 0.3) is 33.4 Å². The smallest absolute Gasteiger partial charge is 0.324 e. The van der Waals surface area contributed by atoms with Gasteiger partial charge >= 0.3 is 5.97 Å². The molecule has 3 aliphatic rings. The Labute approximate surface area is 309 Å². The number of aryl methyl sites for hydroxylation is 1. The number of aromatic nitrogens is 3. The van der Waals surface area contributed by atoms with Crippen LogP contribution in [0.4, 0.5) is 0 Å². The summed E-state index contributed by atoms with van der Waals surface area (Å²) in [6.45, 7) is 13.9. The number of nitrogens with one attached hydrogen (secondary N) is 2. The number of methoxy groups -OCH3 is 1. The van der Waals surface area contributed by atoms with E-state index in [1.54, 1.807) is 13.3 Å². The average molecular weight is 727 g/mol. The van der Waals surface area contributed by atoms with Crippen LogP contribution in [-0.2, 0) is 43.2 Å². The fraction of sp³-hybridized carbons (Fsp3) is 0.525. The van der Waals surface area contributed by atoms with Crippen LogP contribution in [0.1, 0.15) is 76.8 Å². The molecule has 7 rings (SSSR count). The summed E-state index contributed by atoms with van der Waals surface area (Å²) in [5, 5.41) is 8.44. The first kappa shape index (κ1) is 36.2. The molecule has 2 amide bonds. The minimum Gasteiger partial charge on any atom is -0.464 e. The van der Waals surface area contributed by atoms with Crippen molar-refractivity contribution < 1.29 is 23.9 Å². The van der Waals surface area contributed by atoms with E-state index in [1.807, 2.05) is 18.4 Å². The molecular weight excluding hydrogens is 677 g/mol. The van der Waals surface area contributed by atoms with Gasteiger partial charge in [-0.15, -0.1) is 11.3 Å². The van der Waals surface area contributed by atoms with Crippen molar-refractivity contribution in [2.24, 2.45) is 23.2 Å². The predicted molar refractivity (Wildman–Crippen MR) is 201 cm³/mol. The molecule has 5 atom stereocenters. The Hall–Kier alpha value is -4.13. The van der Waals surface area contributed by atoms with Gasteiger partial charge in [0.05, 0.1) is 34.8 Å². The van der Waals surface area contributed by atoms with Crippen molar-refractivity contribution in [2.45, 2.75) is 92.0 Å². The number of hydrogen-bond donors (Lipinski definition) is 2. The van der Waals surface area contributed by atoms with Crippen molar-refractivity contribution in [2.75, 3.05) is 20.3 Å². The second kappa shape index (κ2) is 14.4. The highest BCUT2D eigenvalue weighted by molar-refractivity contribution is 7.10. The molecule has 1 aliphatic carbocycles. The van der Waals surface area contributed by atoms with Gasteiger partial charge in [-0.05, 0) is 74.8 Å². The molecule has 2 N–H and O–H groups in total. The molecule has 2 fully saturated rings. The maximum atomic E-state index is 14.1. The van der Waals surface area contributed by atoms with E-state index in [0.29, 0.717) is 25.8 Å². The molecule has 4 aromatic rings. The van der Waals surface area contributed by atoms with Gasteiger partial charge in [0.15, 0.2) is 0 Å². The Kier molecular flexibility index (Phi) is 10.0. The third-order valence-corrected chi connectivity index (χ3v) is 12.2. The predicted octanol–water partition coefficient (Wildman–Crippen LogP) is 6.10. The normalized spacial score (nSPS) is 25.4. The third kappa shape index (κ3) is 6.88. The van der Waals surface area contributed by atoms with E-state index in [9.17, 15) is 14.4 Å². The first-order valence-electron chi connectivity index (χ1n) is 18.5. The van der Waals surface area contributed by atoms with E-state index in [1.165, 1.54) is 16.3 Å². The molecule has 0 unspecified atom stereocenters. The summed E-state index contributed by atoms with van der Waals surface area (Å²) in [6, 6.07) is 9.05. The summed E-state index contributed by atoms with van der Waals surface area (Å²) in [4.78, 5) is 50.9. The van der Waals surface area contributed by atoms with Crippen LogP contribution in [0, 0.1) is 23.2 Å². The number of carbonyl (C=O) groups excluding carboxylic acids is 3. The molecule has 2 aliphatic heterocycles. The van der Waals surface area contributed by atoms with Gasteiger partial charge in [-0.1, -0.05) is 33.8 Å². The molecule has 52 heavy (non-hydrogen) atoms. The lowest BCUT2D eigenvalue weighted by Gasteiger charge is -2.35. The van der Waals surface area contributed by atoms with E-state index >= 15 is 0 Å². The van der Waals surface area contributed by atoms with Crippen molar-refractivity contribution in [1.29, 1.82) is 0 Å². The fourth-order valence-electron chi connectivity index (χ4n) is 7.97. The standard InChI is InChI=1S/C40H50N6O5S/c1-8-45-32-14-13-25-17-27(32)28(36(45)26-11-9-15-41-35(26)24(4)50-7)19-40(5,6)21-51-39(49)29-12-10-16-46(44-29)38(48)30(18-33-42-31(25)20-52-33)43-37(47)34-22(2)23(34)3/h9,11,13-15,17,20,22-24,29-30,34,44H,8,10,12,16,18-19,21H2,1-7H3,(H,43,47)/t22-,23-,24-,29-,30-/m0/s1. The van der Waals surface area contributed by atoms with Crippen molar-refractivity contribution >= 4 is 40.0 Å². The number of rotatable bonds is 6.